The second-order valence-electron chi connectivity index (χ2n) is 4.71. The number of oxazole rings is 1. The topological polar surface area (TPSA) is 83.6 Å². The second kappa shape index (κ2) is 5.78. The molecule has 2 aromatic rings. The number of rotatable bonds is 4. The molecule has 6 heteroatoms. The van der Waals surface area contributed by atoms with Crippen molar-refractivity contribution in [2.45, 2.75) is 19.9 Å². The van der Waals surface area contributed by atoms with E-state index < -0.39 is 17.9 Å². The van der Waals surface area contributed by atoms with E-state index in [1.54, 1.807) is 19.1 Å². The van der Waals surface area contributed by atoms with Gasteiger partial charge in [-0.2, -0.15) is 0 Å². The Morgan fingerprint density at radius 3 is 2.48 bits per heavy atom. The fourth-order valence-electron chi connectivity index (χ4n) is 1.87. The minimum absolute atomic E-state index is 0.120. The maximum atomic E-state index is 12.4. The molecule has 6 nitrogen and oxygen atoms in total. The molecular formula is C15H16N2O4. The van der Waals surface area contributed by atoms with Gasteiger partial charge in [0.2, 0.25) is 0 Å². The standard InChI is InChI=1S/C15H16N2O4/c1-9(15(19)20)17(3)14(18)12-13(21-10(2)16-12)11-7-5-4-6-8-11/h4-9H,1-3H3,(H,19,20). The number of carbonyl (C=O) groups is 2. The van der Waals surface area contributed by atoms with Crippen molar-refractivity contribution in [2.75, 3.05) is 7.05 Å². The van der Waals surface area contributed by atoms with Crippen molar-refractivity contribution in [3.8, 4) is 11.3 Å². The predicted molar refractivity (Wildman–Crippen MR) is 75.9 cm³/mol. The van der Waals surface area contributed by atoms with Crippen LogP contribution in [0.2, 0.25) is 0 Å². The van der Waals surface area contributed by atoms with Crippen LogP contribution in [0.1, 0.15) is 23.3 Å². The average molecular weight is 288 g/mol. The van der Waals surface area contributed by atoms with Gasteiger partial charge in [0.15, 0.2) is 17.3 Å². The normalized spacial score (nSPS) is 12.0. The molecule has 1 atom stereocenters. The van der Waals surface area contributed by atoms with Gasteiger partial charge in [-0.1, -0.05) is 30.3 Å². The van der Waals surface area contributed by atoms with Crippen LogP contribution in [0.4, 0.5) is 0 Å². The fourth-order valence-corrected chi connectivity index (χ4v) is 1.87. The molecule has 21 heavy (non-hydrogen) atoms. The number of nitrogens with zero attached hydrogens (tertiary/aromatic N) is 2. The van der Waals surface area contributed by atoms with Crippen LogP contribution in [0, 0.1) is 6.92 Å². The molecule has 1 heterocycles. The number of hydrogen-bond acceptors (Lipinski definition) is 4. The number of carboxylic acids is 1. The lowest BCUT2D eigenvalue weighted by atomic mass is 10.1. The Morgan fingerprint density at radius 1 is 1.29 bits per heavy atom. The molecule has 0 saturated carbocycles. The summed E-state index contributed by atoms with van der Waals surface area (Å²) in [6.07, 6.45) is 0. The van der Waals surface area contributed by atoms with Crippen molar-refractivity contribution >= 4 is 11.9 Å². The van der Waals surface area contributed by atoms with Crippen LogP contribution in [0.15, 0.2) is 34.7 Å². The van der Waals surface area contributed by atoms with Crippen molar-refractivity contribution in [1.82, 2.24) is 9.88 Å². The molecule has 1 unspecified atom stereocenters. The van der Waals surface area contributed by atoms with E-state index in [4.69, 9.17) is 9.52 Å². The molecular weight excluding hydrogens is 272 g/mol. The Balaban J connectivity index is 2.41. The molecule has 0 radical (unpaired) electrons. The Labute approximate surface area is 122 Å². The van der Waals surface area contributed by atoms with E-state index in [2.05, 4.69) is 4.98 Å². The highest BCUT2D eigenvalue weighted by Gasteiger charge is 2.28. The van der Waals surface area contributed by atoms with Crippen LogP contribution < -0.4 is 0 Å². The third-order valence-corrected chi connectivity index (χ3v) is 3.23. The van der Waals surface area contributed by atoms with Crippen molar-refractivity contribution in [3.05, 3.63) is 41.9 Å². The van der Waals surface area contributed by atoms with Gasteiger partial charge in [0.05, 0.1) is 0 Å². The third kappa shape index (κ3) is 2.94. The summed E-state index contributed by atoms with van der Waals surface area (Å²) in [6.45, 7) is 3.08. The number of carbonyl (C=O) groups excluding carboxylic acids is 1. The summed E-state index contributed by atoms with van der Waals surface area (Å²) in [5, 5.41) is 9.00. The monoisotopic (exact) mass is 288 g/mol. The van der Waals surface area contributed by atoms with Crippen molar-refractivity contribution < 1.29 is 19.1 Å². The molecule has 0 aliphatic rings. The van der Waals surface area contributed by atoms with Crippen LogP contribution in [-0.4, -0.2) is 40.0 Å². The van der Waals surface area contributed by atoms with Crippen molar-refractivity contribution in [2.24, 2.45) is 0 Å². The van der Waals surface area contributed by atoms with E-state index in [1.165, 1.54) is 14.0 Å². The lowest BCUT2D eigenvalue weighted by Crippen LogP contribution is -2.40. The lowest BCUT2D eigenvalue weighted by molar-refractivity contribution is -0.141. The highest BCUT2D eigenvalue weighted by molar-refractivity contribution is 5.99. The Morgan fingerprint density at radius 2 is 1.90 bits per heavy atom. The van der Waals surface area contributed by atoms with Gasteiger partial charge < -0.3 is 14.4 Å². The molecule has 0 saturated heterocycles. The van der Waals surface area contributed by atoms with E-state index >= 15 is 0 Å². The van der Waals surface area contributed by atoms with E-state index in [0.717, 1.165) is 10.5 Å². The predicted octanol–water partition coefficient (Wildman–Crippen LogP) is 2.20. The van der Waals surface area contributed by atoms with Gasteiger partial charge in [0.1, 0.15) is 6.04 Å². The van der Waals surface area contributed by atoms with Crippen LogP contribution in [0.5, 0.6) is 0 Å². The number of aryl methyl sites for hydroxylation is 1. The van der Waals surface area contributed by atoms with E-state index in [9.17, 15) is 9.59 Å². The van der Waals surface area contributed by atoms with Crippen LogP contribution in [0.3, 0.4) is 0 Å². The molecule has 0 aliphatic carbocycles. The highest BCUT2D eigenvalue weighted by atomic mass is 16.4. The Hall–Kier alpha value is -2.63. The van der Waals surface area contributed by atoms with Gasteiger partial charge in [-0.3, -0.25) is 4.79 Å². The zero-order valence-corrected chi connectivity index (χ0v) is 12.0. The first-order valence-electron chi connectivity index (χ1n) is 6.44. The number of carboxylic acid groups (broad SMARTS) is 1. The van der Waals surface area contributed by atoms with E-state index in [0.29, 0.717) is 11.7 Å². The molecule has 1 aromatic heterocycles. The second-order valence-corrected chi connectivity index (χ2v) is 4.71. The van der Waals surface area contributed by atoms with Gasteiger partial charge in [-0.15, -0.1) is 0 Å². The molecule has 1 amide bonds. The van der Waals surface area contributed by atoms with Gasteiger partial charge in [0.25, 0.3) is 5.91 Å². The summed E-state index contributed by atoms with van der Waals surface area (Å²) in [7, 11) is 1.43. The molecule has 0 bridgehead atoms. The number of hydrogen-bond donors (Lipinski definition) is 1. The zero-order valence-electron chi connectivity index (χ0n) is 12.0. The fraction of sp³-hybridized carbons (Fsp3) is 0.267. The number of benzene rings is 1. The third-order valence-electron chi connectivity index (χ3n) is 3.23. The van der Waals surface area contributed by atoms with Crippen LogP contribution in [0.25, 0.3) is 11.3 Å². The summed E-state index contributed by atoms with van der Waals surface area (Å²) >= 11 is 0. The maximum Gasteiger partial charge on any atom is 0.326 e. The molecule has 0 fully saturated rings. The summed E-state index contributed by atoms with van der Waals surface area (Å²) in [5.41, 5.74) is 0.840. The van der Waals surface area contributed by atoms with Gasteiger partial charge in [0, 0.05) is 19.5 Å². The first-order valence-corrected chi connectivity index (χ1v) is 6.44. The number of aliphatic carboxylic acids is 1. The number of likely N-dealkylation sites (N-methyl/N-ethyl adjacent to an activating group) is 1. The molecule has 1 aromatic carbocycles. The number of aromatic nitrogens is 1. The first kappa shape index (κ1) is 14.8. The van der Waals surface area contributed by atoms with Crippen molar-refractivity contribution in [3.63, 3.8) is 0 Å². The molecule has 0 aliphatic heterocycles. The lowest BCUT2D eigenvalue weighted by Gasteiger charge is -2.20. The summed E-state index contributed by atoms with van der Waals surface area (Å²) in [4.78, 5) is 28.7. The summed E-state index contributed by atoms with van der Waals surface area (Å²) in [6, 6.07) is 8.16. The average Bonchev–Trinajstić information content (AvgIpc) is 2.87. The summed E-state index contributed by atoms with van der Waals surface area (Å²) in [5.74, 6) is -0.857. The largest absolute Gasteiger partial charge is 0.480 e. The van der Waals surface area contributed by atoms with Crippen LogP contribution in [-0.2, 0) is 4.79 Å². The van der Waals surface area contributed by atoms with Crippen LogP contribution >= 0.6 is 0 Å². The zero-order chi connectivity index (χ0) is 15.6. The van der Waals surface area contributed by atoms with Gasteiger partial charge in [-0.25, -0.2) is 9.78 Å². The quantitative estimate of drug-likeness (QED) is 0.932. The van der Waals surface area contributed by atoms with Crippen molar-refractivity contribution in [1.29, 1.82) is 0 Å². The summed E-state index contributed by atoms with van der Waals surface area (Å²) < 4.78 is 5.51. The Bertz CT molecular complexity index is 664. The minimum atomic E-state index is -1.08. The first-order chi connectivity index (χ1) is 9.91. The maximum absolute atomic E-state index is 12.4. The highest BCUT2D eigenvalue weighted by Crippen LogP contribution is 2.25. The molecule has 110 valence electrons. The SMILES string of the molecule is Cc1nc(C(=O)N(C)C(C)C(=O)O)c(-c2ccccc2)o1. The molecule has 1 N–H and O–H groups in total. The van der Waals surface area contributed by atoms with Gasteiger partial charge >= 0.3 is 5.97 Å². The van der Waals surface area contributed by atoms with E-state index in [-0.39, 0.29) is 5.69 Å². The Kier molecular flexibility index (Phi) is 4.07. The van der Waals surface area contributed by atoms with E-state index in [1.807, 2.05) is 18.2 Å². The molecule has 0 spiro atoms. The smallest absolute Gasteiger partial charge is 0.326 e. The molecule has 2 rings (SSSR count). The van der Waals surface area contributed by atoms with Gasteiger partial charge in [-0.05, 0) is 6.92 Å². The minimum Gasteiger partial charge on any atom is -0.480 e. The number of amides is 1.